The molecule has 0 fully saturated rings. The van der Waals surface area contributed by atoms with Crippen LogP contribution >= 0.6 is 0 Å². The topological polar surface area (TPSA) is 30.7 Å². The van der Waals surface area contributed by atoms with Crippen molar-refractivity contribution >= 4 is 66.0 Å². The van der Waals surface area contributed by atoms with Crippen LogP contribution in [-0.2, 0) is 6.42 Å². The van der Waals surface area contributed by atoms with E-state index in [1.165, 1.54) is 49.3 Å². The summed E-state index contributed by atoms with van der Waals surface area (Å²) in [6.07, 6.45) is 26.6. The van der Waals surface area contributed by atoms with Gasteiger partial charge in [-0.25, -0.2) is 4.98 Å². The molecule has 3 nitrogen and oxygen atoms in total. The molecule has 2 heterocycles. The van der Waals surface area contributed by atoms with E-state index in [0.29, 0.717) is 17.9 Å². The van der Waals surface area contributed by atoms with E-state index in [1.807, 2.05) is 6.20 Å². The molecule has 3 unspecified atom stereocenters. The van der Waals surface area contributed by atoms with Gasteiger partial charge < -0.3 is 4.57 Å². The van der Waals surface area contributed by atoms with Gasteiger partial charge in [0.05, 0.1) is 29.0 Å². The highest BCUT2D eigenvalue weighted by atomic mass is 15.0. The molecule has 57 heavy (non-hydrogen) atoms. The van der Waals surface area contributed by atoms with Crippen LogP contribution in [0.3, 0.4) is 0 Å². The van der Waals surface area contributed by atoms with Gasteiger partial charge in [-0.3, -0.25) is 4.98 Å². The van der Waals surface area contributed by atoms with E-state index in [0.717, 1.165) is 78.0 Å². The number of para-hydroxylation sites is 2. The van der Waals surface area contributed by atoms with Crippen molar-refractivity contribution in [2.75, 3.05) is 0 Å². The molecule has 3 heteroatoms. The van der Waals surface area contributed by atoms with Crippen LogP contribution in [0.1, 0.15) is 84.4 Å². The molecule has 6 aromatic carbocycles. The summed E-state index contributed by atoms with van der Waals surface area (Å²) in [4.78, 5) is 10.5. The van der Waals surface area contributed by atoms with Crippen LogP contribution in [-0.4, -0.2) is 14.5 Å². The first kappa shape index (κ1) is 32.9. The zero-order chi connectivity index (χ0) is 37.5. The number of rotatable bonds is 4. The minimum Gasteiger partial charge on any atom is -0.333 e. The highest BCUT2D eigenvalue weighted by molar-refractivity contribution is 6.23. The lowest BCUT2D eigenvalue weighted by Gasteiger charge is -2.38. The summed E-state index contributed by atoms with van der Waals surface area (Å²) in [6, 6.07) is 40.6. The number of benzene rings is 6. The van der Waals surface area contributed by atoms with E-state index in [4.69, 9.17) is 9.97 Å². The number of fused-ring (bicyclic) bond motifs is 10. The summed E-state index contributed by atoms with van der Waals surface area (Å²) in [5.41, 5.74) is 16.0. The van der Waals surface area contributed by atoms with Crippen molar-refractivity contribution in [2.45, 2.75) is 62.8 Å². The van der Waals surface area contributed by atoms with Gasteiger partial charge in [-0.2, -0.15) is 0 Å². The third kappa shape index (κ3) is 5.11. The summed E-state index contributed by atoms with van der Waals surface area (Å²) in [7, 11) is 0. The maximum absolute atomic E-state index is 5.36. The van der Waals surface area contributed by atoms with Crippen molar-refractivity contribution in [3.05, 3.63) is 191 Å². The zero-order valence-electron chi connectivity index (χ0n) is 32.0. The highest BCUT2D eigenvalue weighted by Gasteiger charge is 2.35. The second-order valence-electron chi connectivity index (χ2n) is 16.5. The lowest BCUT2D eigenvalue weighted by molar-refractivity contribution is 0.459. The van der Waals surface area contributed by atoms with E-state index < -0.39 is 0 Å². The van der Waals surface area contributed by atoms with Crippen molar-refractivity contribution < 1.29 is 0 Å². The molecule has 3 atom stereocenters. The van der Waals surface area contributed by atoms with Crippen LogP contribution in [0, 0.1) is 0 Å². The van der Waals surface area contributed by atoms with Gasteiger partial charge in [0.2, 0.25) is 0 Å². The standard InChI is InChI=1S/C54H43N3/c1-2-17-38-37(16-1)36(34-14-13-15-35(32-34)49-33-55-53-47-24-7-4-19-40(47)41-20-5-8-25-48(41)54(53)56-49)28-29-42(38)43-30-31-52(44-21-6-3-18-39(43)44)57-50-26-11-9-22-45(50)46-23-10-12-27-51(46)57/h2-5,7-13,15,17-20,22-29,32-34,43,52H,1,6,14,16,21,30-31H2. The minimum absolute atomic E-state index is 0.292. The molecule has 2 aromatic heterocycles. The van der Waals surface area contributed by atoms with Crippen molar-refractivity contribution in [3.8, 4) is 0 Å². The lowest BCUT2D eigenvalue weighted by Crippen LogP contribution is -2.23. The van der Waals surface area contributed by atoms with Crippen LogP contribution in [0.25, 0.3) is 66.0 Å². The van der Waals surface area contributed by atoms with Crippen LogP contribution in [0.4, 0.5) is 0 Å². The zero-order valence-corrected chi connectivity index (χ0v) is 32.0. The van der Waals surface area contributed by atoms with E-state index in [2.05, 4.69) is 156 Å². The quantitative estimate of drug-likeness (QED) is 0.169. The van der Waals surface area contributed by atoms with Crippen molar-refractivity contribution in [2.24, 2.45) is 0 Å². The van der Waals surface area contributed by atoms with Gasteiger partial charge in [0.15, 0.2) is 0 Å². The first-order valence-corrected chi connectivity index (χ1v) is 20.9. The molecule has 8 aromatic rings. The maximum Gasteiger partial charge on any atom is 0.0979 e. The Labute approximate surface area is 333 Å². The maximum atomic E-state index is 5.36. The molecule has 12 rings (SSSR count). The average Bonchev–Trinajstić information content (AvgIpc) is 3.62. The number of hydrogen-bond donors (Lipinski definition) is 0. The molecule has 0 bridgehead atoms. The van der Waals surface area contributed by atoms with Gasteiger partial charge in [0.25, 0.3) is 0 Å². The summed E-state index contributed by atoms with van der Waals surface area (Å²) in [5.74, 6) is 0.697. The fourth-order valence-corrected chi connectivity index (χ4v) is 11.0. The fraction of sp³-hybridized carbons (Fsp3) is 0.185. The van der Waals surface area contributed by atoms with E-state index in [-0.39, 0.29) is 0 Å². The Morgan fingerprint density at radius 1 is 0.561 bits per heavy atom. The second-order valence-corrected chi connectivity index (χ2v) is 16.5. The molecule has 0 amide bonds. The number of aromatic nitrogens is 3. The molecule has 0 radical (unpaired) electrons. The molecule has 0 saturated carbocycles. The molecule has 4 aliphatic carbocycles. The Morgan fingerprint density at radius 2 is 1.21 bits per heavy atom. The van der Waals surface area contributed by atoms with Gasteiger partial charge in [0.1, 0.15) is 0 Å². The van der Waals surface area contributed by atoms with Gasteiger partial charge in [-0.1, -0.05) is 140 Å². The third-order valence-corrected chi connectivity index (χ3v) is 13.5. The Morgan fingerprint density at radius 3 is 1.98 bits per heavy atom. The predicted octanol–water partition coefficient (Wildman–Crippen LogP) is 13.9. The monoisotopic (exact) mass is 733 g/mol. The smallest absolute Gasteiger partial charge is 0.0979 e. The molecular formula is C54H43N3. The number of allylic oxidation sites excluding steroid dienone is 9. The van der Waals surface area contributed by atoms with Crippen LogP contribution in [0.5, 0.6) is 0 Å². The molecule has 274 valence electrons. The summed E-state index contributed by atoms with van der Waals surface area (Å²) < 4.78 is 2.68. The Balaban J connectivity index is 0.936. The molecule has 0 saturated heterocycles. The van der Waals surface area contributed by atoms with Gasteiger partial charge in [-0.15, -0.1) is 0 Å². The minimum atomic E-state index is 0.292. The SMILES string of the molecule is C1=CC2=C(CC1)C(n1c3ccccc3c3ccccc31)CCC2c1ccc(C2C=C(c3cnc4c5ccccc5c5ccccc5c4n3)C=CC2)c2c1C=CCC2. The Kier molecular flexibility index (Phi) is 7.58. The van der Waals surface area contributed by atoms with Gasteiger partial charge in [0, 0.05) is 44.4 Å². The largest absolute Gasteiger partial charge is 0.333 e. The number of nitrogens with zero attached hydrogens (tertiary/aromatic N) is 3. The summed E-state index contributed by atoms with van der Waals surface area (Å²) in [6.45, 7) is 0. The number of hydrogen-bond acceptors (Lipinski definition) is 2. The average molecular weight is 734 g/mol. The fourth-order valence-electron chi connectivity index (χ4n) is 11.0. The Hall–Kier alpha value is -6.32. The highest BCUT2D eigenvalue weighted by Crippen LogP contribution is 2.51. The van der Waals surface area contributed by atoms with Crippen molar-refractivity contribution in [3.63, 3.8) is 0 Å². The van der Waals surface area contributed by atoms with Crippen molar-refractivity contribution in [1.29, 1.82) is 0 Å². The summed E-state index contributed by atoms with van der Waals surface area (Å²) >= 11 is 0. The van der Waals surface area contributed by atoms with Gasteiger partial charge in [-0.05, 0) is 107 Å². The van der Waals surface area contributed by atoms with Crippen LogP contribution < -0.4 is 0 Å². The molecule has 0 spiro atoms. The normalized spacial score (nSPS) is 20.5. The first-order valence-electron chi connectivity index (χ1n) is 20.9. The van der Waals surface area contributed by atoms with Gasteiger partial charge >= 0.3 is 0 Å². The molecule has 0 aliphatic heterocycles. The van der Waals surface area contributed by atoms with E-state index >= 15 is 0 Å². The third-order valence-electron chi connectivity index (χ3n) is 13.5. The van der Waals surface area contributed by atoms with E-state index in [9.17, 15) is 0 Å². The Bertz CT molecular complexity index is 3040. The molecule has 0 N–H and O–H groups in total. The summed E-state index contributed by atoms with van der Waals surface area (Å²) in [5, 5.41) is 7.49. The lowest BCUT2D eigenvalue weighted by atomic mass is 9.70. The first-order chi connectivity index (χ1) is 28.3. The van der Waals surface area contributed by atoms with Crippen molar-refractivity contribution in [1.82, 2.24) is 14.5 Å². The predicted molar refractivity (Wildman–Crippen MR) is 239 cm³/mol. The van der Waals surface area contributed by atoms with Crippen LogP contribution in [0.15, 0.2) is 163 Å². The van der Waals surface area contributed by atoms with E-state index in [1.54, 1.807) is 16.7 Å². The molecular weight excluding hydrogens is 691 g/mol. The second kappa shape index (κ2) is 13.1. The van der Waals surface area contributed by atoms with Crippen LogP contribution in [0.2, 0.25) is 0 Å². The molecule has 4 aliphatic rings.